The van der Waals surface area contributed by atoms with Gasteiger partial charge in [0.15, 0.2) is 23.9 Å². The lowest BCUT2D eigenvalue weighted by Gasteiger charge is -2.09. The van der Waals surface area contributed by atoms with Gasteiger partial charge in [-0.3, -0.25) is 4.79 Å². The fraction of sp³-hybridized carbons (Fsp3) is 0.294. The molecule has 0 aliphatic heterocycles. The van der Waals surface area contributed by atoms with Gasteiger partial charge in [0.1, 0.15) is 0 Å². The van der Waals surface area contributed by atoms with E-state index in [2.05, 4.69) is 12.2 Å². The first-order valence-electron chi connectivity index (χ1n) is 7.16. The number of carbonyl (C=O) groups excluding carboxylic acids is 1. The van der Waals surface area contributed by atoms with E-state index >= 15 is 0 Å². The van der Waals surface area contributed by atoms with Crippen LogP contribution in [0.1, 0.15) is 12.5 Å². The number of aromatic nitrogens is 1. The highest BCUT2D eigenvalue weighted by atomic mass is 16.5. The minimum absolute atomic E-state index is 0.0959. The maximum atomic E-state index is 12.1. The molecule has 0 saturated carbocycles. The van der Waals surface area contributed by atoms with Crippen molar-refractivity contribution in [3.8, 4) is 11.5 Å². The molecule has 2 aromatic rings. The number of benzene rings is 1. The topological polar surface area (TPSA) is 51.4 Å². The molecule has 0 fully saturated rings. The number of amides is 1. The molecule has 1 N–H and O–H groups in total. The predicted molar refractivity (Wildman–Crippen MR) is 84.2 cm³/mol. The number of carbonyl (C=O) groups is 1. The van der Waals surface area contributed by atoms with Crippen molar-refractivity contribution in [2.75, 3.05) is 19.5 Å². The second-order valence-corrected chi connectivity index (χ2v) is 4.85. The zero-order chi connectivity index (χ0) is 15.9. The fourth-order valence-electron chi connectivity index (χ4n) is 2.11. The van der Waals surface area contributed by atoms with Crippen LogP contribution in [-0.2, 0) is 17.8 Å². The van der Waals surface area contributed by atoms with E-state index in [9.17, 15) is 4.79 Å². The molecule has 2 rings (SSSR count). The molecule has 5 nitrogen and oxygen atoms in total. The summed E-state index contributed by atoms with van der Waals surface area (Å²) in [5.41, 5.74) is 1.92. The van der Waals surface area contributed by atoms with E-state index in [4.69, 9.17) is 9.47 Å². The van der Waals surface area contributed by atoms with Crippen LogP contribution in [0.5, 0.6) is 11.5 Å². The van der Waals surface area contributed by atoms with Gasteiger partial charge in [0.2, 0.25) is 6.54 Å². The van der Waals surface area contributed by atoms with Gasteiger partial charge in [-0.2, -0.15) is 4.57 Å². The zero-order valence-corrected chi connectivity index (χ0v) is 13.1. The first kappa shape index (κ1) is 15.8. The molecule has 1 aromatic heterocycles. The Bertz CT molecular complexity index is 639. The van der Waals surface area contributed by atoms with Crippen molar-refractivity contribution in [2.24, 2.45) is 0 Å². The third kappa shape index (κ3) is 3.97. The molecule has 22 heavy (non-hydrogen) atoms. The molecule has 116 valence electrons. The third-order valence-corrected chi connectivity index (χ3v) is 3.36. The van der Waals surface area contributed by atoms with Gasteiger partial charge >= 0.3 is 0 Å². The highest BCUT2D eigenvalue weighted by Gasteiger charge is 2.11. The Morgan fingerprint density at radius 1 is 1.09 bits per heavy atom. The van der Waals surface area contributed by atoms with Crippen molar-refractivity contribution in [2.45, 2.75) is 19.9 Å². The number of hydrogen-bond donors (Lipinski definition) is 1. The molecule has 0 saturated heterocycles. The van der Waals surface area contributed by atoms with Crippen LogP contribution in [0.25, 0.3) is 0 Å². The lowest BCUT2D eigenvalue weighted by atomic mass is 10.2. The molecule has 0 atom stereocenters. The van der Waals surface area contributed by atoms with Gasteiger partial charge in [0.05, 0.1) is 14.2 Å². The standard InChI is InChI=1S/C17H20N2O3/c1-4-13-7-9-19(10-8-13)12-17(20)18-14-5-6-15(21-2)16(11-14)22-3/h5-11H,4,12H2,1-3H3/p+1. The predicted octanol–water partition coefficient (Wildman–Crippen LogP) is 2.19. The molecular formula is C17H21N2O3+. The summed E-state index contributed by atoms with van der Waals surface area (Å²) in [7, 11) is 3.14. The van der Waals surface area contributed by atoms with Crippen LogP contribution in [-0.4, -0.2) is 20.1 Å². The maximum absolute atomic E-state index is 12.1. The quantitative estimate of drug-likeness (QED) is 0.832. The minimum atomic E-state index is -0.0959. The van der Waals surface area contributed by atoms with Crippen molar-refractivity contribution in [1.82, 2.24) is 0 Å². The minimum Gasteiger partial charge on any atom is -0.493 e. The first-order valence-corrected chi connectivity index (χ1v) is 7.16. The van der Waals surface area contributed by atoms with Gasteiger partial charge < -0.3 is 14.8 Å². The van der Waals surface area contributed by atoms with Crippen LogP contribution in [0.15, 0.2) is 42.7 Å². The monoisotopic (exact) mass is 301 g/mol. The smallest absolute Gasteiger partial charge is 0.290 e. The number of aryl methyl sites for hydroxylation is 1. The molecule has 5 heteroatoms. The summed E-state index contributed by atoms with van der Waals surface area (Å²) in [6, 6.07) is 9.32. The van der Waals surface area contributed by atoms with Crippen LogP contribution >= 0.6 is 0 Å². The van der Waals surface area contributed by atoms with E-state index in [0.29, 0.717) is 17.2 Å². The molecule has 0 spiro atoms. The molecule has 1 aromatic carbocycles. The van der Waals surface area contributed by atoms with E-state index in [-0.39, 0.29) is 12.5 Å². The Kier molecular flexibility index (Phi) is 5.36. The van der Waals surface area contributed by atoms with Crippen molar-refractivity contribution in [1.29, 1.82) is 0 Å². The number of anilines is 1. The summed E-state index contributed by atoms with van der Waals surface area (Å²) in [4.78, 5) is 12.1. The van der Waals surface area contributed by atoms with Crippen molar-refractivity contribution in [3.05, 3.63) is 48.3 Å². The number of ether oxygens (including phenoxy) is 2. The van der Waals surface area contributed by atoms with E-state index in [1.54, 1.807) is 32.4 Å². The second-order valence-electron chi connectivity index (χ2n) is 4.85. The summed E-state index contributed by atoms with van der Waals surface area (Å²) in [6.07, 6.45) is 4.80. The van der Waals surface area contributed by atoms with Crippen molar-refractivity contribution < 1.29 is 18.8 Å². The fourth-order valence-corrected chi connectivity index (χ4v) is 2.11. The molecule has 0 radical (unpaired) electrons. The Morgan fingerprint density at radius 2 is 1.77 bits per heavy atom. The normalized spacial score (nSPS) is 10.1. The Balaban J connectivity index is 2.02. The van der Waals surface area contributed by atoms with Gasteiger partial charge in [0.25, 0.3) is 5.91 Å². The Labute approximate surface area is 130 Å². The van der Waals surface area contributed by atoms with Crippen LogP contribution < -0.4 is 19.4 Å². The van der Waals surface area contributed by atoms with Crippen LogP contribution in [0, 0.1) is 0 Å². The number of nitrogens with zero attached hydrogens (tertiary/aromatic N) is 1. The SMILES string of the molecule is CCc1cc[n+](CC(=O)Nc2ccc(OC)c(OC)c2)cc1. The average molecular weight is 301 g/mol. The molecule has 1 amide bonds. The van der Waals surface area contributed by atoms with Crippen LogP contribution in [0.2, 0.25) is 0 Å². The number of pyridine rings is 1. The van der Waals surface area contributed by atoms with Gasteiger partial charge in [-0.1, -0.05) is 6.92 Å². The van der Waals surface area contributed by atoms with E-state index < -0.39 is 0 Å². The Morgan fingerprint density at radius 3 is 2.36 bits per heavy atom. The molecule has 0 aliphatic rings. The van der Waals surface area contributed by atoms with Gasteiger partial charge in [0, 0.05) is 23.9 Å². The van der Waals surface area contributed by atoms with Gasteiger partial charge in [-0.25, -0.2) is 0 Å². The molecule has 1 heterocycles. The van der Waals surface area contributed by atoms with Crippen molar-refractivity contribution in [3.63, 3.8) is 0 Å². The van der Waals surface area contributed by atoms with Crippen LogP contribution in [0.4, 0.5) is 5.69 Å². The molecular weight excluding hydrogens is 280 g/mol. The van der Waals surface area contributed by atoms with E-state index in [0.717, 1.165) is 6.42 Å². The largest absolute Gasteiger partial charge is 0.493 e. The number of nitrogens with one attached hydrogen (secondary N) is 1. The maximum Gasteiger partial charge on any atom is 0.290 e. The lowest BCUT2D eigenvalue weighted by Crippen LogP contribution is -2.39. The average Bonchev–Trinajstić information content (AvgIpc) is 2.55. The summed E-state index contributed by atoms with van der Waals surface area (Å²) in [6.45, 7) is 2.36. The Hall–Kier alpha value is -2.56. The van der Waals surface area contributed by atoms with Crippen molar-refractivity contribution >= 4 is 11.6 Å². The van der Waals surface area contributed by atoms with Gasteiger partial charge in [-0.15, -0.1) is 0 Å². The number of methoxy groups -OCH3 is 2. The molecule has 0 aliphatic carbocycles. The van der Waals surface area contributed by atoms with E-state index in [1.165, 1.54) is 5.56 Å². The second kappa shape index (κ2) is 7.45. The third-order valence-electron chi connectivity index (χ3n) is 3.36. The molecule has 0 bridgehead atoms. The van der Waals surface area contributed by atoms with E-state index in [1.807, 2.05) is 29.1 Å². The summed E-state index contributed by atoms with van der Waals surface area (Å²) >= 11 is 0. The zero-order valence-electron chi connectivity index (χ0n) is 13.1. The van der Waals surface area contributed by atoms with Crippen LogP contribution in [0.3, 0.4) is 0 Å². The number of rotatable bonds is 6. The summed E-state index contributed by atoms with van der Waals surface area (Å²) < 4.78 is 12.2. The summed E-state index contributed by atoms with van der Waals surface area (Å²) in [5, 5.41) is 2.85. The van der Waals surface area contributed by atoms with Gasteiger partial charge in [-0.05, 0) is 24.1 Å². The highest BCUT2D eigenvalue weighted by molar-refractivity contribution is 5.90. The lowest BCUT2D eigenvalue weighted by molar-refractivity contribution is -0.684. The number of hydrogen-bond acceptors (Lipinski definition) is 3. The summed E-state index contributed by atoms with van der Waals surface area (Å²) in [5.74, 6) is 1.12. The first-order chi connectivity index (χ1) is 10.7. The molecule has 0 unspecified atom stereocenters. The highest BCUT2D eigenvalue weighted by Crippen LogP contribution is 2.29.